The standard InChI is InChI=1S/C18H23N3/c1-5-21(6-2)12(3)14-10-15(14)17-11-20-18-8-7-13(19-4)9-16(17)18/h7-9,11-12,14-15,20H,5-6,10H2,1-3H3. The van der Waals surface area contributed by atoms with E-state index < -0.39 is 0 Å². The zero-order valence-electron chi connectivity index (χ0n) is 13.1. The molecular weight excluding hydrogens is 258 g/mol. The van der Waals surface area contributed by atoms with Crippen LogP contribution in [0, 0.1) is 12.5 Å². The van der Waals surface area contributed by atoms with Crippen molar-refractivity contribution in [1.82, 2.24) is 9.88 Å². The van der Waals surface area contributed by atoms with Crippen LogP contribution in [0.5, 0.6) is 0 Å². The maximum absolute atomic E-state index is 7.19. The van der Waals surface area contributed by atoms with Gasteiger partial charge in [-0.15, -0.1) is 0 Å². The lowest BCUT2D eigenvalue weighted by molar-refractivity contribution is 0.208. The number of nitrogens with one attached hydrogen (secondary N) is 1. The first-order valence-corrected chi connectivity index (χ1v) is 7.92. The van der Waals surface area contributed by atoms with Crippen LogP contribution < -0.4 is 0 Å². The summed E-state index contributed by atoms with van der Waals surface area (Å²) in [6, 6.07) is 6.58. The number of aromatic nitrogens is 1. The quantitative estimate of drug-likeness (QED) is 0.798. The second-order valence-electron chi connectivity index (χ2n) is 6.05. The number of nitrogens with zero attached hydrogens (tertiary/aromatic N) is 2. The van der Waals surface area contributed by atoms with Crippen LogP contribution in [0.4, 0.5) is 5.69 Å². The van der Waals surface area contributed by atoms with Gasteiger partial charge >= 0.3 is 0 Å². The van der Waals surface area contributed by atoms with Gasteiger partial charge in [0.15, 0.2) is 5.69 Å². The lowest BCUT2D eigenvalue weighted by Crippen LogP contribution is -2.34. The van der Waals surface area contributed by atoms with Gasteiger partial charge in [0.25, 0.3) is 0 Å². The Morgan fingerprint density at radius 2 is 2.14 bits per heavy atom. The van der Waals surface area contributed by atoms with Gasteiger partial charge in [-0.25, -0.2) is 4.85 Å². The molecule has 3 unspecified atom stereocenters. The Morgan fingerprint density at radius 1 is 1.38 bits per heavy atom. The van der Waals surface area contributed by atoms with Gasteiger partial charge < -0.3 is 9.88 Å². The highest BCUT2D eigenvalue weighted by Gasteiger charge is 2.44. The van der Waals surface area contributed by atoms with Crippen molar-refractivity contribution in [2.75, 3.05) is 13.1 Å². The van der Waals surface area contributed by atoms with Crippen LogP contribution in [-0.2, 0) is 0 Å². The van der Waals surface area contributed by atoms with Gasteiger partial charge in [-0.05, 0) is 61.4 Å². The number of fused-ring (bicyclic) bond motifs is 1. The van der Waals surface area contributed by atoms with Crippen molar-refractivity contribution in [3.8, 4) is 0 Å². The minimum atomic E-state index is 0.638. The van der Waals surface area contributed by atoms with Gasteiger partial charge in [0.2, 0.25) is 0 Å². The molecule has 3 rings (SSSR count). The van der Waals surface area contributed by atoms with Crippen molar-refractivity contribution in [2.24, 2.45) is 5.92 Å². The molecule has 3 nitrogen and oxygen atoms in total. The molecule has 0 radical (unpaired) electrons. The van der Waals surface area contributed by atoms with Gasteiger partial charge in [0.1, 0.15) is 0 Å². The minimum absolute atomic E-state index is 0.638. The molecular formula is C18H23N3. The van der Waals surface area contributed by atoms with E-state index in [-0.39, 0.29) is 0 Å². The SMILES string of the molecule is [C-]#[N+]c1ccc2[nH]cc(C3CC3C(C)N(CC)CC)c2c1. The van der Waals surface area contributed by atoms with Crippen molar-refractivity contribution in [3.63, 3.8) is 0 Å². The minimum Gasteiger partial charge on any atom is -0.361 e. The third-order valence-corrected chi connectivity index (χ3v) is 5.07. The highest BCUT2D eigenvalue weighted by Crippen LogP contribution is 2.52. The molecule has 110 valence electrons. The van der Waals surface area contributed by atoms with Gasteiger partial charge in [-0.3, -0.25) is 0 Å². The normalized spacial score (nSPS) is 22.4. The molecule has 1 saturated carbocycles. The van der Waals surface area contributed by atoms with Crippen LogP contribution in [0.1, 0.15) is 38.7 Å². The molecule has 0 spiro atoms. The number of hydrogen-bond acceptors (Lipinski definition) is 1. The summed E-state index contributed by atoms with van der Waals surface area (Å²) in [7, 11) is 0. The van der Waals surface area contributed by atoms with E-state index in [1.807, 2.05) is 18.2 Å². The molecule has 1 aromatic carbocycles. The summed E-state index contributed by atoms with van der Waals surface area (Å²) in [4.78, 5) is 9.46. The molecule has 1 N–H and O–H groups in total. The zero-order valence-corrected chi connectivity index (χ0v) is 13.1. The average molecular weight is 281 g/mol. The molecule has 2 aromatic rings. The molecule has 0 amide bonds. The largest absolute Gasteiger partial charge is 0.361 e. The Bertz CT molecular complexity index is 675. The Kier molecular flexibility index (Phi) is 3.73. The summed E-state index contributed by atoms with van der Waals surface area (Å²) in [5.41, 5.74) is 3.29. The third-order valence-electron chi connectivity index (χ3n) is 5.07. The molecule has 3 atom stereocenters. The van der Waals surface area contributed by atoms with Gasteiger partial charge in [0, 0.05) is 17.8 Å². The number of aromatic amines is 1. The number of hydrogen-bond donors (Lipinski definition) is 1. The van der Waals surface area contributed by atoms with Crippen molar-refractivity contribution in [2.45, 2.75) is 39.2 Å². The van der Waals surface area contributed by atoms with E-state index >= 15 is 0 Å². The molecule has 3 heteroatoms. The van der Waals surface area contributed by atoms with Crippen molar-refractivity contribution >= 4 is 16.6 Å². The Balaban J connectivity index is 1.85. The Hall–Kier alpha value is -1.79. The van der Waals surface area contributed by atoms with E-state index in [0.29, 0.717) is 12.0 Å². The van der Waals surface area contributed by atoms with Crippen molar-refractivity contribution < 1.29 is 0 Å². The molecule has 1 fully saturated rings. The number of H-pyrrole nitrogens is 1. The van der Waals surface area contributed by atoms with E-state index in [1.165, 1.54) is 17.4 Å². The lowest BCUT2D eigenvalue weighted by Gasteiger charge is -2.26. The summed E-state index contributed by atoms with van der Waals surface area (Å²) in [6.07, 6.45) is 3.42. The summed E-state index contributed by atoms with van der Waals surface area (Å²) in [6.45, 7) is 16.3. The van der Waals surface area contributed by atoms with E-state index in [4.69, 9.17) is 6.57 Å². The first-order valence-electron chi connectivity index (χ1n) is 7.92. The highest BCUT2D eigenvalue weighted by atomic mass is 15.1. The van der Waals surface area contributed by atoms with Gasteiger partial charge in [0.05, 0.1) is 6.57 Å². The summed E-state index contributed by atoms with van der Waals surface area (Å²) >= 11 is 0. The van der Waals surface area contributed by atoms with Gasteiger partial charge in [-0.2, -0.15) is 0 Å². The average Bonchev–Trinajstić information content (AvgIpc) is 3.20. The second kappa shape index (κ2) is 5.54. The Labute approximate surface area is 126 Å². The molecule has 1 aliphatic carbocycles. The van der Waals surface area contributed by atoms with E-state index in [9.17, 15) is 0 Å². The second-order valence-corrected chi connectivity index (χ2v) is 6.05. The number of benzene rings is 1. The molecule has 0 bridgehead atoms. The predicted molar refractivity (Wildman–Crippen MR) is 87.8 cm³/mol. The van der Waals surface area contributed by atoms with Crippen molar-refractivity contribution in [3.05, 3.63) is 41.4 Å². The van der Waals surface area contributed by atoms with E-state index in [2.05, 4.69) is 41.7 Å². The Morgan fingerprint density at radius 3 is 2.81 bits per heavy atom. The van der Waals surface area contributed by atoms with Crippen LogP contribution in [0.15, 0.2) is 24.4 Å². The fourth-order valence-corrected chi connectivity index (χ4v) is 3.68. The monoisotopic (exact) mass is 281 g/mol. The maximum atomic E-state index is 7.19. The molecule has 1 heterocycles. The topological polar surface area (TPSA) is 23.4 Å². The molecule has 21 heavy (non-hydrogen) atoms. The third kappa shape index (κ3) is 2.45. The fourth-order valence-electron chi connectivity index (χ4n) is 3.68. The first-order chi connectivity index (χ1) is 10.2. The first kappa shape index (κ1) is 14.2. The summed E-state index contributed by atoms with van der Waals surface area (Å²) < 4.78 is 0. The number of rotatable bonds is 5. The zero-order chi connectivity index (χ0) is 15.0. The molecule has 1 aliphatic rings. The van der Waals surface area contributed by atoms with E-state index in [1.54, 1.807) is 0 Å². The summed E-state index contributed by atoms with van der Waals surface area (Å²) in [5.74, 6) is 1.40. The van der Waals surface area contributed by atoms with Crippen LogP contribution >= 0.6 is 0 Å². The smallest absolute Gasteiger partial charge is 0.187 e. The van der Waals surface area contributed by atoms with Crippen LogP contribution in [0.2, 0.25) is 0 Å². The van der Waals surface area contributed by atoms with Crippen molar-refractivity contribution in [1.29, 1.82) is 0 Å². The molecule has 1 aromatic heterocycles. The van der Waals surface area contributed by atoms with E-state index in [0.717, 1.165) is 30.2 Å². The molecule has 0 aliphatic heterocycles. The lowest BCUT2D eigenvalue weighted by atomic mass is 10.0. The van der Waals surface area contributed by atoms with Crippen LogP contribution in [-0.4, -0.2) is 29.0 Å². The maximum Gasteiger partial charge on any atom is 0.187 e. The predicted octanol–water partition coefficient (Wildman–Crippen LogP) is 4.55. The summed E-state index contributed by atoms with van der Waals surface area (Å²) in [5, 5.41) is 1.24. The van der Waals surface area contributed by atoms with Gasteiger partial charge in [-0.1, -0.05) is 19.9 Å². The fraction of sp³-hybridized carbons (Fsp3) is 0.500. The van der Waals surface area contributed by atoms with Crippen LogP contribution in [0.3, 0.4) is 0 Å². The molecule has 0 saturated heterocycles. The highest BCUT2D eigenvalue weighted by molar-refractivity contribution is 5.87. The van der Waals surface area contributed by atoms with Crippen LogP contribution in [0.25, 0.3) is 15.7 Å².